The normalized spacial score (nSPS) is 11.3. The number of rotatable bonds is 8. The maximum atomic E-state index is 12.4. The van der Waals surface area contributed by atoms with Crippen LogP contribution < -0.4 is 15.6 Å². The number of nitrogens with one attached hydrogen (secondary N) is 2. The van der Waals surface area contributed by atoms with E-state index >= 15 is 0 Å². The van der Waals surface area contributed by atoms with E-state index in [1.807, 2.05) is 6.92 Å². The van der Waals surface area contributed by atoms with Crippen LogP contribution >= 0.6 is 11.8 Å². The van der Waals surface area contributed by atoms with E-state index in [0.29, 0.717) is 17.3 Å². The van der Waals surface area contributed by atoms with Crippen molar-refractivity contribution in [3.8, 4) is 5.75 Å². The van der Waals surface area contributed by atoms with Crippen molar-refractivity contribution in [2.24, 2.45) is 0 Å². The Morgan fingerprint density at radius 3 is 2.78 bits per heavy atom. The fourth-order valence-corrected chi connectivity index (χ4v) is 2.91. The summed E-state index contributed by atoms with van der Waals surface area (Å²) in [5.74, 6) is -0.817. The van der Waals surface area contributed by atoms with E-state index in [4.69, 9.17) is 0 Å². The van der Waals surface area contributed by atoms with Crippen molar-refractivity contribution in [1.29, 1.82) is 0 Å². The zero-order valence-corrected chi connectivity index (χ0v) is 15.2. The molecule has 2 aromatic rings. The van der Waals surface area contributed by atoms with Gasteiger partial charge in [0.2, 0.25) is 5.91 Å². The number of benzene rings is 1. The number of aromatic nitrogens is 2. The van der Waals surface area contributed by atoms with Crippen molar-refractivity contribution < 1.29 is 22.7 Å². The van der Waals surface area contributed by atoms with Gasteiger partial charge in [0, 0.05) is 23.9 Å². The van der Waals surface area contributed by atoms with E-state index in [0.717, 1.165) is 18.2 Å². The fraction of sp³-hybridized carbons (Fsp3) is 0.353. The molecule has 2 N–H and O–H groups in total. The van der Waals surface area contributed by atoms with Gasteiger partial charge in [-0.3, -0.25) is 9.59 Å². The zero-order chi connectivity index (χ0) is 19.9. The van der Waals surface area contributed by atoms with Crippen molar-refractivity contribution >= 4 is 17.7 Å². The predicted octanol–water partition coefficient (Wildman–Crippen LogP) is 3.03. The van der Waals surface area contributed by atoms with Crippen molar-refractivity contribution in [2.45, 2.75) is 37.8 Å². The van der Waals surface area contributed by atoms with E-state index < -0.39 is 12.3 Å². The standard InChI is InChI=1S/C17H18F3N3O3S/c1-2-5-12-8-14(24)23-16(22-12)27-10-15(25)21-9-11-6-3-4-7-13(11)26-17(18,19)20/h3-4,6-8H,2,5,9-10H2,1H3,(H,21,25)(H,22,23,24). The molecule has 1 aromatic carbocycles. The summed E-state index contributed by atoms with van der Waals surface area (Å²) in [5.41, 5.74) is 0.543. The van der Waals surface area contributed by atoms with Crippen LogP contribution in [0.1, 0.15) is 24.6 Å². The highest BCUT2D eigenvalue weighted by atomic mass is 32.2. The number of amides is 1. The van der Waals surface area contributed by atoms with Gasteiger partial charge >= 0.3 is 6.36 Å². The van der Waals surface area contributed by atoms with Crippen LogP contribution in [0.4, 0.5) is 13.2 Å². The van der Waals surface area contributed by atoms with Crippen molar-refractivity contribution in [2.75, 3.05) is 5.75 Å². The molecule has 10 heteroatoms. The van der Waals surface area contributed by atoms with Gasteiger partial charge in [0.25, 0.3) is 5.56 Å². The third-order valence-corrected chi connectivity index (χ3v) is 4.17. The molecular formula is C17H18F3N3O3S. The molecule has 0 bridgehead atoms. The highest BCUT2D eigenvalue weighted by Gasteiger charge is 2.31. The second-order valence-corrected chi connectivity index (χ2v) is 6.48. The molecule has 1 aromatic heterocycles. The number of H-pyrrole nitrogens is 1. The number of ether oxygens (including phenoxy) is 1. The Morgan fingerprint density at radius 1 is 1.33 bits per heavy atom. The number of hydrogen-bond acceptors (Lipinski definition) is 5. The summed E-state index contributed by atoms with van der Waals surface area (Å²) in [5, 5.41) is 2.84. The predicted molar refractivity (Wildman–Crippen MR) is 94.5 cm³/mol. The van der Waals surface area contributed by atoms with Crippen LogP contribution in [0.2, 0.25) is 0 Å². The first-order valence-electron chi connectivity index (χ1n) is 8.10. The van der Waals surface area contributed by atoms with Gasteiger partial charge in [-0.2, -0.15) is 0 Å². The Labute approximate surface area is 157 Å². The third-order valence-electron chi connectivity index (χ3n) is 3.29. The van der Waals surface area contributed by atoms with E-state index in [9.17, 15) is 22.8 Å². The number of aromatic amines is 1. The molecule has 0 aliphatic heterocycles. The van der Waals surface area contributed by atoms with Gasteiger partial charge in [-0.15, -0.1) is 13.2 Å². The number of nitrogens with zero attached hydrogens (tertiary/aromatic N) is 1. The number of alkyl halides is 3. The van der Waals surface area contributed by atoms with E-state index in [2.05, 4.69) is 20.0 Å². The lowest BCUT2D eigenvalue weighted by atomic mass is 10.2. The number of para-hydroxylation sites is 1. The second kappa shape index (κ2) is 9.45. The average Bonchev–Trinajstić information content (AvgIpc) is 2.58. The lowest BCUT2D eigenvalue weighted by Crippen LogP contribution is -2.26. The van der Waals surface area contributed by atoms with Gasteiger partial charge in [0.1, 0.15) is 5.75 Å². The minimum Gasteiger partial charge on any atom is -0.405 e. The first-order chi connectivity index (χ1) is 12.8. The molecule has 0 saturated carbocycles. The molecule has 1 amide bonds. The largest absolute Gasteiger partial charge is 0.573 e. The van der Waals surface area contributed by atoms with Gasteiger partial charge in [-0.25, -0.2) is 4.98 Å². The van der Waals surface area contributed by atoms with Crippen LogP contribution in [0.15, 0.2) is 40.3 Å². The molecule has 0 atom stereocenters. The molecule has 0 saturated heterocycles. The van der Waals surface area contributed by atoms with E-state index in [1.54, 1.807) is 6.07 Å². The first-order valence-corrected chi connectivity index (χ1v) is 9.09. The van der Waals surface area contributed by atoms with Gasteiger partial charge < -0.3 is 15.0 Å². The van der Waals surface area contributed by atoms with Crippen LogP contribution in [-0.2, 0) is 17.8 Å². The molecule has 0 spiro atoms. The van der Waals surface area contributed by atoms with Crippen LogP contribution in [-0.4, -0.2) is 28.0 Å². The molecule has 2 rings (SSSR count). The first kappa shape index (κ1) is 20.8. The molecular weight excluding hydrogens is 383 g/mol. The van der Waals surface area contributed by atoms with Crippen LogP contribution in [0.3, 0.4) is 0 Å². The van der Waals surface area contributed by atoms with Gasteiger partial charge in [-0.1, -0.05) is 43.3 Å². The summed E-state index contributed by atoms with van der Waals surface area (Å²) < 4.78 is 41.1. The topological polar surface area (TPSA) is 84.1 Å². The monoisotopic (exact) mass is 401 g/mol. The minimum atomic E-state index is -4.81. The summed E-state index contributed by atoms with van der Waals surface area (Å²) in [6.07, 6.45) is -3.32. The Hall–Kier alpha value is -2.49. The summed E-state index contributed by atoms with van der Waals surface area (Å²) in [6.45, 7) is 1.84. The maximum absolute atomic E-state index is 12.4. The highest BCUT2D eigenvalue weighted by Crippen LogP contribution is 2.26. The lowest BCUT2D eigenvalue weighted by molar-refractivity contribution is -0.274. The Bertz CT molecular complexity index is 840. The maximum Gasteiger partial charge on any atom is 0.573 e. The molecule has 27 heavy (non-hydrogen) atoms. The molecule has 146 valence electrons. The van der Waals surface area contributed by atoms with Gasteiger partial charge in [-0.05, 0) is 12.5 Å². The molecule has 6 nitrogen and oxygen atoms in total. The SMILES string of the molecule is CCCc1cc(=O)[nH]c(SCC(=O)NCc2ccccc2OC(F)(F)F)n1. The average molecular weight is 401 g/mol. The van der Waals surface area contributed by atoms with E-state index in [1.165, 1.54) is 24.3 Å². The number of hydrogen-bond donors (Lipinski definition) is 2. The fourth-order valence-electron chi connectivity index (χ4n) is 2.19. The highest BCUT2D eigenvalue weighted by molar-refractivity contribution is 7.99. The second-order valence-electron chi connectivity index (χ2n) is 5.51. The van der Waals surface area contributed by atoms with E-state index in [-0.39, 0.29) is 29.2 Å². The van der Waals surface area contributed by atoms with Crippen LogP contribution in [0, 0.1) is 0 Å². The summed E-state index contributed by atoms with van der Waals surface area (Å²) in [6, 6.07) is 6.98. The number of carbonyl (C=O) groups excluding carboxylic acids is 1. The van der Waals surface area contributed by atoms with Crippen LogP contribution in [0.25, 0.3) is 0 Å². The molecule has 0 radical (unpaired) electrons. The number of carbonyl (C=O) groups is 1. The Balaban J connectivity index is 1.91. The summed E-state index contributed by atoms with van der Waals surface area (Å²) in [4.78, 5) is 30.3. The molecule has 0 aliphatic rings. The molecule has 1 heterocycles. The minimum absolute atomic E-state index is 0.0409. The van der Waals surface area contributed by atoms with Crippen molar-refractivity contribution in [3.05, 3.63) is 51.9 Å². The molecule has 0 aliphatic carbocycles. The quantitative estimate of drug-likeness (QED) is 0.525. The number of halogens is 3. The van der Waals surface area contributed by atoms with Gasteiger partial charge in [0.15, 0.2) is 5.16 Å². The number of aryl methyl sites for hydroxylation is 1. The number of thioether (sulfide) groups is 1. The van der Waals surface area contributed by atoms with Crippen molar-refractivity contribution in [1.82, 2.24) is 15.3 Å². The zero-order valence-electron chi connectivity index (χ0n) is 14.4. The summed E-state index contributed by atoms with van der Waals surface area (Å²) >= 11 is 1.04. The van der Waals surface area contributed by atoms with Gasteiger partial charge in [0.05, 0.1) is 5.75 Å². The Kier molecular flexibility index (Phi) is 7.28. The smallest absolute Gasteiger partial charge is 0.405 e. The Morgan fingerprint density at radius 2 is 2.07 bits per heavy atom. The molecule has 0 fully saturated rings. The summed E-state index contributed by atoms with van der Waals surface area (Å²) in [7, 11) is 0. The van der Waals surface area contributed by atoms with Crippen molar-refractivity contribution in [3.63, 3.8) is 0 Å². The third kappa shape index (κ3) is 7.33. The van der Waals surface area contributed by atoms with Crippen LogP contribution in [0.5, 0.6) is 5.75 Å². The molecule has 0 unspecified atom stereocenters. The lowest BCUT2D eigenvalue weighted by Gasteiger charge is -2.13.